The summed E-state index contributed by atoms with van der Waals surface area (Å²) in [5.74, 6) is 0.693. The van der Waals surface area contributed by atoms with E-state index < -0.39 is 6.10 Å². The van der Waals surface area contributed by atoms with Crippen molar-refractivity contribution in [2.24, 2.45) is 0 Å². The van der Waals surface area contributed by atoms with Crippen molar-refractivity contribution < 1.29 is 9.84 Å². The average molecular weight is 336 g/mol. The van der Waals surface area contributed by atoms with Crippen molar-refractivity contribution in [3.8, 4) is 5.75 Å². The molecule has 3 nitrogen and oxygen atoms in total. The minimum absolute atomic E-state index is 0.651. The Morgan fingerprint density at radius 3 is 2.80 bits per heavy atom. The Morgan fingerprint density at radius 1 is 1.30 bits per heavy atom. The maximum atomic E-state index is 10.5. The van der Waals surface area contributed by atoms with Gasteiger partial charge in [0.05, 0.1) is 12.8 Å². The highest BCUT2D eigenvalue weighted by Gasteiger charge is 2.14. The first-order valence-corrected chi connectivity index (χ1v) is 7.43. The lowest BCUT2D eigenvalue weighted by atomic mass is 9.99. The van der Waals surface area contributed by atoms with Gasteiger partial charge in [0.25, 0.3) is 0 Å². The van der Waals surface area contributed by atoms with E-state index in [1.165, 1.54) is 0 Å². The minimum Gasteiger partial charge on any atom is -0.492 e. The fourth-order valence-electron chi connectivity index (χ4n) is 2.01. The summed E-state index contributed by atoms with van der Waals surface area (Å²) in [4.78, 5) is 4.14. The van der Waals surface area contributed by atoms with Crippen LogP contribution in [-0.2, 0) is 0 Å². The molecular formula is C16H18BrNO2. The maximum absolute atomic E-state index is 10.5. The first kappa shape index (κ1) is 15.0. The van der Waals surface area contributed by atoms with E-state index in [4.69, 9.17) is 4.74 Å². The molecule has 106 valence electrons. The summed E-state index contributed by atoms with van der Waals surface area (Å²) in [7, 11) is 0. The van der Waals surface area contributed by atoms with E-state index in [0.29, 0.717) is 12.4 Å². The first-order valence-electron chi connectivity index (χ1n) is 6.63. The van der Waals surface area contributed by atoms with Gasteiger partial charge in [-0.25, -0.2) is 0 Å². The van der Waals surface area contributed by atoms with Gasteiger partial charge in [-0.05, 0) is 42.7 Å². The molecule has 0 saturated carbocycles. The predicted octanol–water partition coefficient (Wildman–Crippen LogP) is 4.02. The van der Waals surface area contributed by atoms with Crippen molar-refractivity contribution in [3.63, 3.8) is 0 Å². The van der Waals surface area contributed by atoms with Crippen molar-refractivity contribution in [1.29, 1.82) is 0 Å². The molecule has 1 atom stereocenters. The highest BCUT2D eigenvalue weighted by atomic mass is 79.9. The largest absolute Gasteiger partial charge is 0.492 e. The van der Waals surface area contributed by atoms with Crippen LogP contribution in [0.4, 0.5) is 0 Å². The van der Waals surface area contributed by atoms with Crippen LogP contribution in [0.1, 0.15) is 36.1 Å². The molecule has 0 aliphatic heterocycles. The Hall–Kier alpha value is -1.39. The molecule has 0 saturated heterocycles. The molecule has 1 N–H and O–H groups in total. The van der Waals surface area contributed by atoms with Crippen molar-refractivity contribution >= 4 is 15.9 Å². The molecule has 1 aromatic carbocycles. The van der Waals surface area contributed by atoms with Crippen molar-refractivity contribution in [2.45, 2.75) is 26.4 Å². The summed E-state index contributed by atoms with van der Waals surface area (Å²) >= 11 is 3.43. The van der Waals surface area contributed by atoms with E-state index in [1.54, 1.807) is 12.4 Å². The van der Waals surface area contributed by atoms with Crippen LogP contribution in [0, 0.1) is 6.92 Å². The number of ether oxygens (including phenoxy) is 1. The molecule has 2 rings (SSSR count). The van der Waals surface area contributed by atoms with Crippen LogP contribution in [-0.4, -0.2) is 16.7 Å². The number of aromatic nitrogens is 1. The van der Waals surface area contributed by atoms with Crippen LogP contribution in [0.15, 0.2) is 41.1 Å². The van der Waals surface area contributed by atoms with E-state index in [2.05, 4.69) is 27.8 Å². The number of pyridine rings is 1. The van der Waals surface area contributed by atoms with Crippen molar-refractivity contribution in [1.82, 2.24) is 4.98 Å². The molecule has 0 aliphatic carbocycles. The molecule has 0 aliphatic rings. The molecular weight excluding hydrogens is 318 g/mol. The normalized spacial score (nSPS) is 12.2. The second-order valence-corrected chi connectivity index (χ2v) is 5.62. The summed E-state index contributed by atoms with van der Waals surface area (Å²) in [5.41, 5.74) is 2.65. The third-order valence-electron chi connectivity index (χ3n) is 3.05. The van der Waals surface area contributed by atoms with Gasteiger partial charge in [0.2, 0.25) is 0 Å². The number of hydrogen-bond acceptors (Lipinski definition) is 3. The molecule has 1 unspecified atom stereocenters. The van der Waals surface area contributed by atoms with Crippen LogP contribution < -0.4 is 4.74 Å². The van der Waals surface area contributed by atoms with Gasteiger partial charge in [-0.3, -0.25) is 4.98 Å². The van der Waals surface area contributed by atoms with Crippen molar-refractivity contribution in [2.75, 3.05) is 6.61 Å². The number of rotatable bonds is 5. The first-order chi connectivity index (χ1) is 9.61. The molecule has 2 aromatic rings. The number of benzene rings is 1. The fourth-order valence-corrected chi connectivity index (χ4v) is 2.48. The minimum atomic E-state index is -0.694. The van der Waals surface area contributed by atoms with Crippen molar-refractivity contribution in [3.05, 3.63) is 57.8 Å². The number of halogens is 1. The Kier molecular flexibility index (Phi) is 5.15. The zero-order chi connectivity index (χ0) is 14.5. The van der Waals surface area contributed by atoms with Crippen LogP contribution in [0.3, 0.4) is 0 Å². The summed E-state index contributed by atoms with van der Waals surface area (Å²) in [5, 5.41) is 10.5. The molecule has 0 fully saturated rings. The van der Waals surface area contributed by atoms with Gasteiger partial charge in [0.1, 0.15) is 11.9 Å². The highest BCUT2D eigenvalue weighted by Crippen LogP contribution is 2.28. The zero-order valence-electron chi connectivity index (χ0n) is 11.6. The SMILES string of the molecule is CCCOc1cncc(C(O)c2ccc(Br)cc2C)c1. The molecule has 0 radical (unpaired) electrons. The molecule has 0 spiro atoms. The summed E-state index contributed by atoms with van der Waals surface area (Å²) in [6.07, 6.45) is 3.59. The van der Waals surface area contributed by atoms with E-state index in [1.807, 2.05) is 31.2 Å². The van der Waals surface area contributed by atoms with E-state index >= 15 is 0 Å². The van der Waals surface area contributed by atoms with Crippen LogP contribution in [0.5, 0.6) is 5.75 Å². The molecule has 0 amide bonds. The number of aryl methyl sites for hydroxylation is 1. The van der Waals surface area contributed by atoms with Gasteiger partial charge in [-0.2, -0.15) is 0 Å². The Balaban J connectivity index is 2.26. The predicted molar refractivity (Wildman–Crippen MR) is 83.0 cm³/mol. The Labute approximate surface area is 127 Å². The van der Waals surface area contributed by atoms with E-state index in [9.17, 15) is 5.11 Å². The second kappa shape index (κ2) is 6.86. The summed E-state index contributed by atoms with van der Waals surface area (Å²) in [6.45, 7) is 4.68. The smallest absolute Gasteiger partial charge is 0.137 e. The van der Waals surface area contributed by atoms with Gasteiger partial charge in [-0.1, -0.05) is 28.9 Å². The number of aliphatic hydroxyl groups is 1. The lowest BCUT2D eigenvalue weighted by molar-refractivity contribution is 0.218. The molecule has 4 heteroatoms. The molecule has 1 heterocycles. The van der Waals surface area contributed by atoms with Gasteiger partial charge < -0.3 is 9.84 Å². The zero-order valence-corrected chi connectivity index (χ0v) is 13.2. The third kappa shape index (κ3) is 3.58. The lowest BCUT2D eigenvalue weighted by Gasteiger charge is -2.15. The topological polar surface area (TPSA) is 42.4 Å². The van der Waals surface area contributed by atoms with Gasteiger partial charge in [-0.15, -0.1) is 0 Å². The van der Waals surface area contributed by atoms with E-state index in [-0.39, 0.29) is 0 Å². The summed E-state index contributed by atoms with van der Waals surface area (Å²) in [6, 6.07) is 7.68. The van der Waals surface area contributed by atoms with Crippen LogP contribution in [0.2, 0.25) is 0 Å². The fraction of sp³-hybridized carbons (Fsp3) is 0.312. The van der Waals surface area contributed by atoms with Crippen LogP contribution >= 0.6 is 15.9 Å². The van der Waals surface area contributed by atoms with Gasteiger partial charge >= 0.3 is 0 Å². The summed E-state index contributed by atoms with van der Waals surface area (Å²) < 4.78 is 6.55. The lowest BCUT2D eigenvalue weighted by Crippen LogP contribution is -2.04. The number of nitrogens with zero attached hydrogens (tertiary/aromatic N) is 1. The number of hydrogen-bond donors (Lipinski definition) is 1. The third-order valence-corrected chi connectivity index (χ3v) is 3.54. The maximum Gasteiger partial charge on any atom is 0.137 e. The van der Waals surface area contributed by atoms with E-state index in [0.717, 1.165) is 27.6 Å². The second-order valence-electron chi connectivity index (χ2n) is 4.71. The Bertz CT molecular complexity index is 586. The molecule has 0 bridgehead atoms. The number of aliphatic hydroxyl groups excluding tert-OH is 1. The monoisotopic (exact) mass is 335 g/mol. The standard InChI is InChI=1S/C16H18BrNO2/c1-3-6-20-14-8-12(9-18-10-14)16(19)15-5-4-13(17)7-11(15)2/h4-5,7-10,16,19H,3,6H2,1-2H3. The molecule has 20 heavy (non-hydrogen) atoms. The van der Waals surface area contributed by atoms with Gasteiger partial charge in [0, 0.05) is 16.2 Å². The molecule has 1 aromatic heterocycles. The Morgan fingerprint density at radius 2 is 2.10 bits per heavy atom. The quantitative estimate of drug-likeness (QED) is 0.897. The van der Waals surface area contributed by atoms with Gasteiger partial charge in [0.15, 0.2) is 0 Å². The van der Waals surface area contributed by atoms with Crippen LogP contribution in [0.25, 0.3) is 0 Å². The highest BCUT2D eigenvalue weighted by molar-refractivity contribution is 9.10. The average Bonchev–Trinajstić information content (AvgIpc) is 2.45.